The number of carbonyl (C=O) groups excluding carboxylic acids is 1. The molecular formula is C25H26F4N4O. The Labute approximate surface area is 196 Å². The molecule has 0 spiro atoms. The van der Waals surface area contributed by atoms with Gasteiger partial charge in [-0.3, -0.25) is 9.69 Å². The maximum absolute atomic E-state index is 13.1. The number of hydrogen-bond donors (Lipinski definition) is 0. The zero-order chi connectivity index (χ0) is 24.3. The lowest BCUT2D eigenvalue weighted by atomic mass is 10.0. The molecule has 2 heterocycles. The standard InChI is InChI=1S/C25H26F4N4O/c1-18-20(15-19-5-7-22(26)8-6-19)16-24(34)33(30-18)14-11-31-9-12-32(13-10-31)23-4-2-3-21(17-23)25(27,28)29/h2-8,15,17H,9-14,16H2,1H3/b20-15-. The number of halogens is 4. The molecule has 2 aromatic carbocycles. The van der Waals surface area contributed by atoms with Gasteiger partial charge >= 0.3 is 6.18 Å². The average molecular weight is 475 g/mol. The highest BCUT2D eigenvalue weighted by Gasteiger charge is 2.31. The predicted molar refractivity (Wildman–Crippen MR) is 124 cm³/mol. The van der Waals surface area contributed by atoms with E-state index in [1.165, 1.54) is 29.3 Å². The molecule has 1 amide bonds. The minimum absolute atomic E-state index is 0.0958. The Bertz CT molecular complexity index is 1090. The number of hydrogen-bond acceptors (Lipinski definition) is 4. The van der Waals surface area contributed by atoms with Gasteiger partial charge in [0.25, 0.3) is 0 Å². The monoisotopic (exact) mass is 474 g/mol. The summed E-state index contributed by atoms with van der Waals surface area (Å²) in [5.41, 5.74) is 2.30. The molecular weight excluding hydrogens is 448 g/mol. The maximum Gasteiger partial charge on any atom is 0.416 e. The van der Waals surface area contributed by atoms with E-state index in [1.54, 1.807) is 18.2 Å². The molecule has 5 nitrogen and oxygen atoms in total. The van der Waals surface area contributed by atoms with Gasteiger partial charge in [-0.25, -0.2) is 9.40 Å². The number of hydrazone groups is 1. The topological polar surface area (TPSA) is 39.1 Å². The molecule has 1 saturated heterocycles. The molecule has 9 heteroatoms. The van der Waals surface area contributed by atoms with Crippen LogP contribution in [0.1, 0.15) is 24.5 Å². The van der Waals surface area contributed by atoms with Crippen LogP contribution in [0.4, 0.5) is 23.2 Å². The van der Waals surface area contributed by atoms with Crippen molar-refractivity contribution in [1.29, 1.82) is 0 Å². The SMILES string of the molecule is CC1=NN(CCN2CCN(c3cccc(C(F)(F)F)c3)CC2)C(=O)C/C1=C/c1ccc(F)cc1. The Morgan fingerprint density at radius 1 is 1.00 bits per heavy atom. The van der Waals surface area contributed by atoms with Crippen molar-refractivity contribution in [3.63, 3.8) is 0 Å². The van der Waals surface area contributed by atoms with E-state index in [0.717, 1.165) is 22.9 Å². The molecule has 34 heavy (non-hydrogen) atoms. The summed E-state index contributed by atoms with van der Waals surface area (Å²) in [6.45, 7) is 5.54. The summed E-state index contributed by atoms with van der Waals surface area (Å²) in [6, 6.07) is 11.5. The van der Waals surface area contributed by atoms with E-state index in [1.807, 2.05) is 17.9 Å². The molecule has 0 aliphatic carbocycles. The van der Waals surface area contributed by atoms with Crippen LogP contribution in [0.25, 0.3) is 6.08 Å². The Hall–Kier alpha value is -3.20. The van der Waals surface area contributed by atoms with Crippen molar-refractivity contribution in [3.05, 3.63) is 71.0 Å². The first-order valence-electron chi connectivity index (χ1n) is 11.2. The summed E-state index contributed by atoms with van der Waals surface area (Å²) in [5, 5.41) is 5.94. The fourth-order valence-corrected chi connectivity index (χ4v) is 4.12. The first-order valence-corrected chi connectivity index (χ1v) is 11.2. The highest BCUT2D eigenvalue weighted by atomic mass is 19.4. The Kier molecular flexibility index (Phi) is 7.02. The molecule has 180 valence electrons. The van der Waals surface area contributed by atoms with E-state index in [4.69, 9.17) is 0 Å². The third-order valence-corrected chi connectivity index (χ3v) is 6.11. The molecule has 0 radical (unpaired) electrons. The molecule has 0 N–H and O–H groups in total. The second-order valence-corrected chi connectivity index (χ2v) is 8.48. The van der Waals surface area contributed by atoms with Gasteiger partial charge in [0.1, 0.15) is 5.82 Å². The van der Waals surface area contributed by atoms with Crippen LogP contribution >= 0.6 is 0 Å². The Morgan fingerprint density at radius 3 is 2.38 bits per heavy atom. The molecule has 4 rings (SSSR count). The summed E-state index contributed by atoms with van der Waals surface area (Å²) in [6.07, 6.45) is -2.28. The minimum atomic E-state index is -4.36. The third kappa shape index (κ3) is 5.83. The molecule has 0 saturated carbocycles. The fourth-order valence-electron chi connectivity index (χ4n) is 4.12. The Balaban J connectivity index is 1.31. The van der Waals surface area contributed by atoms with Crippen LogP contribution < -0.4 is 4.90 Å². The second kappa shape index (κ2) is 9.97. The van der Waals surface area contributed by atoms with Crippen LogP contribution in [0.15, 0.2) is 59.2 Å². The zero-order valence-electron chi connectivity index (χ0n) is 18.9. The van der Waals surface area contributed by atoms with Gasteiger partial charge < -0.3 is 4.90 Å². The fraction of sp³-hybridized carbons (Fsp3) is 0.360. The van der Waals surface area contributed by atoms with Gasteiger partial charge in [-0.2, -0.15) is 18.3 Å². The highest BCUT2D eigenvalue weighted by molar-refractivity contribution is 6.08. The summed E-state index contributed by atoms with van der Waals surface area (Å²) in [7, 11) is 0. The van der Waals surface area contributed by atoms with Gasteiger partial charge in [0, 0.05) is 38.4 Å². The first-order chi connectivity index (χ1) is 16.2. The number of benzene rings is 2. The van der Waals surface area contributed by atoms with Gasteiger partial charge in [0.2, 0.25) is 5.91 Å². The van der Waals surface area contributed by atoms with E-state index in [9.17, 15) is 22.4 Å². The summed E-state index contributed by atoms with van der Waals surface area (Å²) >= 11 is 0. The van der Waals surface area contributed by atoms with Gasteiger partial charge in [-0.1, -0.05) is 18.2 Å². The van der Waals surface area contributed by atoms with Crippen LogP contribution in [0, 0.1) is 5.82 Å². The normalized spacial score (nSPS) is 19.0. The van der Waals surface area contributed by atoms with Crippen molar-refractivity contribution >= 4 is 23.4 Å². The van der Waals surface area contributed by atoms with E-state index in [2.05, 4.69) is 10.0 Å². The molecule has 2 aromatic rings. The average Bonchev–Trinajstić information content (AvgIpc) is 2.81. The van der Waals surface area contributed by atoms with Crippen molar-refractivity contribution in [2.45, 2.75) is 19.5 Å². The van der Waals surface area contributed by atoms with E-state index in [-0.39, 0.29) is 18.1 Å². The van der Waals surface area contributed by atoms with Crippen LogP contribution in [-0.2, 0) is 11.0 Å². The molecule has 1 fully saturated rings. The smallest absolute Gasteiger partial charge is 0.369 e. The molecule has 0 atom stereocenters. The van der Waals surface area contributed by atoms with Crippen molar-refractivity contribution < 1.29 is 22.4 Å². The highest BCUT2D eigenvalue weighted by Crippen LogP contribution is 2.32. The van der Waals surface area contributed by atoms with Crippen molar-refractivity contribution in [2.24, 2.45) is 5.10 Å². The van der Waals surface area contributed by atoms with E-state index < -0.39 is 11.7 Å². The van der Waals surface area contributed by atoms with Gasteiger partial charge in [-0.15, -0.1) is 0 Å². The molecule has 2 aliphatic rings. The van der Waals surface area contributed by atoms with Crippen molar-refractivity contribution in [3.8, 4) is 0 Å². The lowest BCUT2D eigenvalue weighted by Crippen LogP contribution is -2.49. The van der Waals surface area contributed by atoms with Gasteiger partial charge in [-0.05, 0) is 54.5 Å². The molecule has 0 aromatic heterocycles. The first kappa shape index (κ1) is 23.9. The number of rotatable bonds is 5. The van der Waals surface area contributed by atoms with Crippen LogP contribution in [0.2, 0.25) is 0 Å². The van der Waals surface area contributed by atoms with Gasteiger partial charge in [0.15, 0.2) is 0 Å². The van der Waals surface area contributed by atoms with Crippen molar-refractivity contribution in [1.82, 2.24) is 9.91 Å². The lowest BCUT2D eigenvalue weighted by Gasteiger charge is -2.37. The minimum Gasteiger partial charge on any atom is -0.369 e. The molecule has 0 bridgehead atoms. The summed E-state index contributed by atoms with van der Waals surface area (Å²) < 4.78 is 52.1. The second-order valence-electron chi connectivity index (χ2n) is 8.48. The predicted octanol–water partition coefficient (Wildman–Crippen LogP) is 4.66. The number of nitrogens with zero attached hydrogens (tertiary/aromatic N) is 4. The number of anilines is 1. The van der Waals surface area contributed by atoms with Crippen LogP contribution in [0.3, 0.4) is 0 Å². The number of piperazine rings is 1. The Morgan fingerprint density at radius 2 is 1.71 bits per heavy atom. The van der Waals surface area contributed by atoms with Gasteiger partial charge in [0.05, 0.1) is 24.2 Å². The molecule has 2 aliphatic heterocycles. The quantitative estimate of drug-likeness (QED) is 0.592. The summed E-state index contributed by atoms with van der Waals surface area (Å²) in [4.78, 5) is 16.8. The number of carbonyl (C=O) groups is 1. The maximum atomic E-state index is 13.1. The largest absolute Gasteiger partial charge is 0.416 e. The summed E-state index contributed by atoms with van der Waals surface area (Å²) in [5.74, 6) is -0.407. The van der Waals surface area contributed by atoms with Crippen LogP contribution in [0.5, 0.6) is 0 Å². The number of amides is 1. The zero-order valence-corrected chi connectivity index (χ0v) is 18.9. The third-order valence-electron chi connectivity index (χ3n) is 6.11. The lowest BCUT2D eigenvalue weighted by molar-refractivity contribution is -0.137. The number of alkyl halides is 3. The molecule has 0 unspecified atom stereocenters. The van der Waals surface area contributed by atoms with Crippen LogP contribution in [-0.4, -0.2) is 60.8 Å². The van der Waals surface area contributed by atoms with Crippen molar-refractivity contribution in [2.75, 3.05) is 44.2 Å². The van der Waals surface area contributed by atoms with E-state index in [0.29, 0.717) is 45.0 Å². The van der Waals surface area contributed by atoms with E-state index >= 15 is 0 Å².